The van der Waals surface area contributed by atoms with Gasteiger partial charge in [-0.3, -0.25) is 10.1 Å². The van der Waals surface area contributed by atoms with Crippen LogP contribution in [-0.4, -0.2) is 18.1 Å². The maximum Gasteiger partial charge on any atom is 0.311 e. The molecule has 0 amide bonds. The van der Waals surface area contributed by atoms with Crippen LogP contribution in [0.1, 0.15) is 25.3 Å². The van der Waals surface area contributed by atoms with Crippen LogP contribution in [0.2, 0.25) is 0 Å². The molecule has 18 heavy (non-hydrogen) atoms. The zero-order valence-electron chi connectivity index (χ0n) is 10.7. The van der Waals surface area contributed by atoms with Crippen LogP contribution < -0.4 is 10.1 Å². The molecular formula is C13H18N2O3. The van der Waals surface area contributed by atoms with Gasteiger partial charge < -0.3 is 10.1 Å². The molecule has 0 aliphatic heterocycles. The van der Waals surface area contributed by atoms with Crippen molar-refractivity contribution in [3.05, 3.63) is 33.9 Å². The molecule has 0 bridgehead atoms. The van der Waals surface area contributed by atoms with Gasteiger partial charge >= 0.3 is 5.69 Å². The van der Waals surface area contributed by atoms with Crippen molar-refractivity contribution < 1.29 is 9.66 Å². The van der Waals surface area contributed by atoms with Crippen molar-refractivity contribution in [2.45, 2.75) is 32.4 Å². The molecule has 1 aromatic rings. The molecule has 98 valence electrons. The molecule has 2 unspecified atom stereocenters. The number of nitrogens with one attached hydrogen (secondary N) is 1. The molecule has 0 radical (unpaired) electrons. The Balaban J connectivity index is 2.01. The van der Waals surface area contributed by atoms with Crippen LogP contribution in [0, 0.1) is 16.0 Å². The second-order valence-electron chi connectivity index (χ2n) is 4.65. The lowest BCUT2D eigenvalue weighted by Gasteiger charge is -2.06. The first-order chi connectivity index (χ1) is 8.65. The third kappa shape index (κ3) is 2.79. The van der Waals surface area contributed by atoms with Gasteiger partial charge in [0.05, 0.1) is 12.0 Å². The highest BCUT2D eigenvalue weighted by molar-refractivity contribution is 5.48. The van der Waals surface area contributed by atoms with E-state index in [2.05, 4.69) is 12.2 Å². The van der Waals surface area contributed by atoms with Gasteiger partial charge in [-0.15, -0.1) is 0 Å². The molecule has 1 saturated carbocycles. The first kappa shape index (κ1) is 12.8. The minimum absolute atomic E-state index is 0.0274. The average molecular weight is 250 g/mol. The molecule has 5 nitrogen and oxygen atoms in total. The smallest absolute Gasteiger partial charge is 0.311 e. The van der Waals surface area contributed by atoms with Gasteiger partial charge in [-0.1, -0.05) is 19.4 Å². The predicted molar refractivity (Wildman–Crippen MR) is 68.7 cm³/mol. The predicted octanol–water partition coefficient (Wildman–Crippen LogP) is 2.49. The van der Waals surface area contributed by atoms with Crippen LogP contribution in [0.5, 0.6) is 5.75 Å². The van der Waals surface area contributed by atoms with E-state index < -0.39 is 4.92 Å². The number of hydrogen-bond donors (Lipinski definition) is 1. The number of ether oxygens (including phenoxy) is 1. The van der Waals surface area contributed by atoms with Crippen molar-refractivity contribution in [3.8, 4) is 5.75 Å². The van der Waals surface area contributed by atoms with Crippen molar-refractivity contribution in [1.82, 2.24) is 5.32 Å². The minimum Gasteiger partial charge on any atom is -0.490 e. The molecule has 1 aliphatic carbocycles. The van der Waals surface area contributed by atoms with E-state index in [4.69, 9.17) is 4.74 Å². The highest BCUT2D eigenvalue weighted by Crippen LogP contribution is 2.33. The van der Waals surface area contributed by atoms with E-state index in [9.17, 15) is 10.1 Å². The molecular weight excluding hydrogens is 232 g/mol. The lowest BCUT2D eigenvalue weighted by molar-refractivity contribution is -0.385. The maximum atomic E-state index is 10.9. The van der Waals surface area contributed by atoms with Crippen LogP contribution in [0.4, 0.5) is 5.69 Å². The fourth-order valence-corrected chi connectivity index (χ4v) is 2.19. The summed E-state index contributed by atoms with van der Waals surface area (Å²) in [6.45, 7) is 2.86. The Bertz CT molecular complexity index is 448. The fourth-order valence-electron chi connectivity index (χ4n) is 2.19. The summed E-state index contributed by atoms with van der Waals surface area (Å²) in [5.41, 5.74) is 0.948. The van der Waals surface area contributed by atoms with Gasteiger partial charge in [0.15, 0.2) is 5.75 Å². The first-order valence-corrected chi connectivity index (χ1v) is 6.20. The van der Waals surface area contributed by atoms with Crippen molar-refractivity contribution in [1.29, 1.82) is 0 Å². The summed E-state index contributed by atoms with van der Waals surface area (Å²) in [7, 11) is 1.44. The lowest BCUT2D eigenvalue weighted by atomic mass is 10.2. The quantitative estimate of drug-likeness (QED) is 0.622. The summed E-state index contributed by atoms with van der Waals surface area (Å²) >= 11 is 0. The molecule has 1 aliphatic rings. The van der Waals surface area contributed by atoms with Gasteiger partial charge in [0.2, 0.25) is 0 Å². The number of nitro groups is 1. The average Bonchev–Trinajstić information content (AvgIpc) is 3.14. The molecule has 0 saturated heterocycles. The van der Waals surface area contributed by atoms with Crippen LogP contribution in [0.15, 0.2) is 18.2 Å². The molecule has 0 heterocycles. The summed E-state index contributed by atoms with van der Waals surface area (Å²) in [5, 5.41) is 14.3. The van der Waals surface area contributed by atoms with E-state index in [1.54, 1.807) is 12.1 Å². The second kappa shape index (κ2) is 5.35. The van der Waals surface area contributed by atoms with Gasteiger partial charge in [-0.2, -0.15) is 0 Å². The van der Waals surface area contributed by atoms with E-state index in [-0.39, 0.29) is 5.69 Å². The van der Waals surface area contributed by atoms with Gasteiger partial charge in [0.25, 0.3) is 0 Å². The Kier molecular flexibility index (Phi) is 3.81. The fraction of sp³-hybridized carbons (Fsp3) is 0.538. The molecule has 1 fully saturated rings. The zero-order valence-corrected chi connectivity index (χ0v) is 10.7. The van der Waals surface area contributed by atoms with Crippen LogP contribution >= 0.6 is 0 Å². The highest BCUT2D eigenvalue weighted by atomic mass is 16.6. The Morgan fingerprint density at radius 1 is 1.56 bits per heavy atom. The molecule has 5 heteroatoms. The number of hydrogen-bond acceptors (Lipinski definition) is 4. The largest absolute Gasteiger partial charge is 0.490 e. The minimum atomic E-state index is -0.408. The highest BCUT2D eigenvalue weighted by Gasteiger charge is 2.34. The van der Waals surface area contributed by atoms with Crippen LogP contribution in [0.25, 0.3) is 0 Å². The van der Waals surface area contributed by atoms with Gasteiger partial charge in [0, 0.05) is 18.7 Å². The first-order valence-electron chi connectivity index (χ1n) is 6.20. The number of benzene rings is 1. The van der Waals surface area contributed by atoms with Crippen LogP contribution in [0.3, 0.4) is 0 Å². The Morgan fingerprint density at radius 2 is 2.33 bits per heavy atom. The zero-order chi connectivity index (χ0) is 13.1. The number of nitro benzene ring substituents is 1. The van der Waals surface area contributed by atoms with E-state index in [1.807, 2.05) is 6.07 Å². The van der Waals surface area contributed by atoms with Crippen molar-refractivity contribution in [3.63, 3.8) is 0 Å². The number of rotatable bonds is 6. The van der Waals surface area contributed by atoms with Crippen molar-refractivity contribution >= 4 is 5.69 Å². The Labute approximate surface area is 106 Å². The molecule has 0 aromatic heterocycles. The second-order valence-corrected chi connectivity index (χ2v) is 4.65. The third-order valence-corrected chi connectivity index (χ3v) is 3.46. The van der Waals surface area contributed by atoms with E-state index >= 15 is 0 Å². The molecule has 2 atom stereocenters. The Hall–Kier alpha value is -1.62. The third-order valence-electron chi connectivity index (χ3n) is 3.46. The summed E-state index contributed by atoms with van der Waals surface area (Å²) < 4.78 is 4.97. The summed E-state index contributed by atoms with van der Waals surface area (Å²) in [4.78, 5) is 10.5. The topological polar surface area (TPSA) is 64.4 Å². The SMILES string of the molecule is CCC1CC1NCc1ccc(OC)c([N+](=O)[O-])c1. The van der Waals surface area contributed by atoms with E-state index in [0.717, 1.165) is 11.5 Å². The standard InChI is InChI=1S/C13H18N2O3/c1-3-10-7-11(10)14-8-9-4-5-13(18-2)12(6-9)15(16)17/h4-6,10-11,14H,3,7-8H2,1-2H3. The Morgan fingerprint density at radius 3 is 2.89 bits per heavy atom. The molecule has 1 N–H and O–H groups in total. The normalized spacial score (nSPS) is 21.7. The van der Waals surface area contributed by atoms with Crippen molar-refractivity contribution in [2.75, 3.05) is 7.11 Å². The molecule has 2 rings (SSSR count). The summed E-state index contributed by atoms with van der Waals surface area (Å²) in [6, 6.07) is 5.67. The van der Waals surface area contributed by atoms with Gasteiger partial charge in [-0.25, -0.2) is 0 Å². The van der Waals surface area contributed by atoms with Crippen LogP contribution in [-0.2, 0) is 6.54 Å². The van der Waals surface area contributed by atoms with Gasteiger partial charge in [0.1, 0.15) is 0 Å². The van der Waals surface area contributed by atoms with E-state index in [1.165, 1.54) is 20.0 Å². The van der Waals surface area contributed by atoms with Gasteiger partial charge in [-0.05, 0) is 24.0 Å². The summed E-state index contributed by atoms with van der Waals surface area (Å²) in [6.07, 6.45) is 2.41. The number of methoxy groups -OCH3 is 1. The van der Waals surface area contributed by atoms with E-state index in [0.29, 0.717) is 18.3 Å². The number of nitrogens with zero attached hydrogens (tertiary/aromatic N) is 1. The lowest BCUT2D eigenvalue weighted by Crippen LogP contribution is -2.17. The molecule has 0 spiro atoms. The maximum absolute atomic E-state index is 10.9. The summed E-state index contributed by atoms with van der Waals surface area (Å²) in [5.74, 6) is 1.08. The van der Waals surface area contributed by atoms with Crippen molar-refractivity contribution in [2.24, 2.45) is 5.92 Å². The monoisotopic (exact) mass is 250 g/mol. The molecule has 1 aromatic carbocycles.